The topological polar surface area (TPSA) is 0 Å². The molecular weight excluding hydrogens is 164 g/mol. The van der Waals surface area contributed by atoms with E-state index in [2.05, 4.69) is 20.4 Å². The van der Waals surface area contributed by atoms with Crippen LogP contribution in [-0.2, 0) is 0 Å². The van der Waals surface area contributed by atoms with Crippen LogP contribution in [0, 0.1) is 5.92 Å². The van der Waals surface area contributed by atoms with Gasteiger partial charge in [-0.05, 0) is 17.7 Å². The summed E-state index contributed by atoms with van der Waals surface area (Å²) >= 11 is 7.46. The lowest BCUT2D eigenvalue weighted by Crippen LogP contribution is -1.90. The van der Waals surface area contributed by atoms with Crippen LogP contribution in [-0.4, -0.2) is 6.26 Å². The molecule has 0 saturated carbocycles. The fraction of sp³-hybridized carbons (Fsp3) is 0.500. The van der Waals surface area contributed by atoms with Crippen LogP contribution >= 0.6 is 23.4 Å². The molecule has 0 atom stereocenters. The lowest BCUT2D eigenvalue weighted by Gasteiger charge is -2.07. The first-order valence-electron chi connectivity index (χ1n) is 3.19. The zero-order valence-corrected chi connectivity index (χ0v) is 8.22. The minimum absolute atomic E-state index is 0.470. The SMILES string of the molecule is C=C/C(=C(/Cl)SC)C(C)C. The molecular formula is C8H13ClS. The van der Waals surface area contributed by atoms with Gasteiger partial charge in [-0.2, -0.15) is 0 Å². The molecule has 0 rings (SSSR count). The number of hydrogen-bond acceptors (Lipinski definition) is 1. The smallest absolute Gasteiger partial charge is 0.0766 e. The average molecular weight is 177 g/mol. The monoisotopic (exact) mass is 176 g/mol. The second kappa shape index (κ2) is 4.86. The van der Waals surface area contributed by atoms with Crippen molar-refractivity contribution in [2.75, 3.05) is 6.26 Å². The van der Waals surface area contributed by atoms with E-state index in [0.717, 1.165) is 9.94 Å². The van der Waals surface area contributed by atoms with Crippen molar-refractivity contribution in [2.45, 2.75) is 13.8 Å². The fourth-order valence-electron chi connectivity index (χ4n) is 0.661. The third-order valence-corrected chi connectivity index (χ3v) is 2.52. The second-order valence-corrected chi connectivity index (χ2v) is 3.71. The van der Waals surface area contributed by atoms with E-state index in [0.29, 0.717) is 5.92 Å². The number of hydrogen-bond donors (Lipinski definition) is 0. The maximum Gasteiger partial charge on any atom is 0.0766 e. The van der Waals surface area contributed by atoms with Crippen LogP contribution in [0.15, 0.2) is 22.6 Å². The molecule has 10 heavy (non-hydrogen) atoms. The Bertz CT molecular complexity index is 147. The van der Waals surface area contributed by atoms with E-state index in [1.807, 2.05) is 12.3 Å². The highest BCUT2D eigenvalue weighted by Crippen LogP contribution is 2.26. The van der Waals surface area contributed by atoms with Crippen LogP contribution < -0.4 is 0 Å². The van der Waals surface area contributed by atoms with Crippen LogP contribution in [0.3, 0.4) is 0 Å². The Morgan fingerprint density at radius 1 is 1.60 bits per heavy atom. The van der Waals surface area contributed by atoms with Crippen molar-refractivity contribution in [3.63, 3.8) is 0 Å². The predicted octanol–water partition coefficient (Wildman–Crippen LogP) is 3.64. The minimum atomic E-state index is 0.470. The first kappa shape index (κ1) is 10.1. The van der Waals surface area contributed by atoms with Crippen molar-refractivity contribution in [3.8, 4) is 0 Å². The number of allylic oxidation sites excluding steroid dienone is 2. The quantitative estimate of drug-likeness (QED) is 0.592. The predicted molar refractivity (Wildman–Crippen MR) is 51.4 cm³/mol. The summed E-state index contributed by atoms with van der Waals surface area (Å²) in [4.78, 5) is 0. The molecule has 0 aromatic rings. The zero-order chi connectivity index (χ0) is 8.15. The summed E-state index contributed by atoms with van der Waals surface area (Å²) in [5.74, 6) is 0.470. The molecule has 58 valence electrons. The van der Waals surface area contributed by atoms with Gasteiger partial charge in [0.1, 0.15) is 0 Å². The van der Waals surface area contributed by atoms with Crippen molar-refractivity contribution in [1.29, 1.82) is 0 Å². The third-order valence-electron chi connectivity index (χ3n) is 1.25. The van der Waals surface area contributed by atoms with Crippen LogP contribution in [0.5, 0.6) is 0 Å². The summed E-state index contributed by atoms with van der Waals surface area (Å²) in [7, 11) is 0. The summed E-state index contributed by atoms with van der Waals surface area (Å²) in [5.41, 5.74) is 1.13. The Balaban J connectivity index is 4.45. The van der Waals surface area contributed by atoms with Crippen LogP contribution in [0.2, 0.25) is 0 Å². The van der Waals surface area contributed by atoms with E-state index in [9.17, 15) is 0 Å². The maximum absolute atomic E-state index is 5.90. The van der Waals surface area contributed by atoms with Gasteiger partial charge in [0.2, 0.25) is 0 Å². The molecule has 0 fully saturated rings. The summed E-state index contributed by atoms with van der Waals surface area (Å²) in [6, 6.07) is 0. The summed E-state index contributed by atoms with van der Waals surface area (Å²) in [6.45, 7) is 7.91. The number of thioether (sulfide) groups is 1. The molecule has 0 nitrogen and oxygen atoms in total. The van der Waals surface area contributed by atoms with E-state index >= 15 is 0 Å². The molecule has 0 N–H and O–H groups in total. The molecule has 0 saturated heterocycles. The first-order valence-corrected chi connectivity index (χ1v) is 4.79. The van der Waals surface area contributed by atoms with E-state index < -0.39 is 0 Å². The zero-order valence-electron chi connectivity index (χ0n) is 6.65. The highest BCUT2D eigenvalue weighted by Gasteiger charge is 2.03. The molecule has 0 aromatic heterocycles. The molecule has 0 radical (unpaired) electrons. The summed E-state index contributed by atoms with van der Waals surface area (Å²) < 4.78 is 0.852. The number of halogens is 1. The molecule has 0 aliphatic carbocycles. The van der Waals surface area contributed by atoms with Gasteiger partial charge in [0.25, 0.3) is 0 Å². The Morgan fingerprint density at radius 3 is 2.20 bits per heavy atom. The van der Waals surface area contributed by atoms with Gasteiger partial charge in [0.15, 0.2) is 0 Å². The van der Waals surface area contributed by atoms with Crippen LogP contribution in [0.4, 0.5) is 0 Å². The molecule has 0 spiro atoms. The van der Waals surface area contributed by atoms with Crippen molar-refractivity contribution in [3.05, 3.63) is 22.6 Å². The molecule has 0 bridgehead atoms. The van der Waals surface area contributed by atoms with Crippen molar-refractivity contribution in [2.24, 2.45) is 5.92 Å². The Hall–Kier alpha value is 0.120. The molecule has 0 amide bonds. The summed E-state index contributed by atoms with van der Waals surface area (Å²) in [6.07, 6.45) is 3.79. The van der Waals surface area contributed by atoms with E-state index in [1.165, 1.54) is 0 Å². The van der Waals surface area contributed by atoms with Gasteiger partial charge < -0.3 is 0 Å². The maximum atomic E-state index is 5.90. The largest absolute Gasteiger partial charge is 0.117 e. The van der Waals surface area contributed by atoms with Crippen molar-refractivity contribution >= 4 is 23.4 Å². The van der Waals surface area contributed by atoms with Gasteiger partial charge in [-0.3, -0.25) is 0 Å². The van der Waals surface area contributed by atoms with Gasteiger partial charge in [0, 0.05) is 0 Å². The summed E-state index contributed by atoms with van der Waals surface area (Å²) in [5, 5.41) is 0. The van der Waals surface area contributed by atoms with E-state index in [4.69, 9.17) is 11.6 Å². The average Bonchev–Trinajstić information content (AvgIpc) is 1.88. The van der Waals surface area contributed by atoms with Gasteiger partial charge >= 0.3 is 0 Å². The lowest BCUT2D eigenvalue weighted by molar-refractivity contribution is 0.793. The fourth-order valence-corrected chi connectivity index (χ4v) is 1.51. The minimum Gasteiger partial charge on any atom is -0.117 e. The highest BCUT2D eigenvalue weighted by atomic mass is 35.5. The van der Waals surface area contributed by atoms with E-state index in [1.54, 1.807) is 11.8 Å². The molecule has 0 aromatic carbocycles. The Kier molecular flexibility index (Phi) is 4.92. The molecule has 0 aliphatic heterocycles. The molecule has 0 aliphatic rings. The first-order chi connectivity index (χ1) is 4.63. The molecule has 0 heterocycles. The van der Waals surface area contributed by atoms with Crippen LogP contribution in [0.25, 0.3) is 0 Å². The lowest BCUT2D eigenvalue weighted by atomic mass is 10.1. The Morgan fingerprint density at radius 2 is 2.10 bits per heavy atom. The molecule has 2 heteroatoms. The highest BCUT2D eigenvalue weighted by molar-refractivity contribution is 8.03. The van der Waals surface area contributed by atoms with Gasteiger partial charge in [-0.1, -0.05) is 38.1 Å². The third kappa shape index (κ3) is 2.80. The Labute approximate surface area is 72.3 Å². The second-order valence-electron chi connectivity index (χ2n) is 2.29. The van der Waals surface area contributed by atoms with E-state index in [-0.39, 0.29) is 0 Å². The van der Waals surface area contributed by atoms with Gasteiger partial charge in [-0.15, -0.1) is 11.8 Å². The van der Waals surface area contributed by atoms with Gasteiger partial charge in [0.05, 0.1) is 4.36 Å². The molecule has 0 unspecified atom stereocenters. The van der Waals surface area contributed by atoms with Crippen LogP contribution in [0.1, 0.15) is 13.8 Å². The normalized spacial score (nSPS) is 13.3. The number of rotatable bonds is 3. The van der Waals surface area contributed by atoms with Gasteiger partial charge in [-0.25, -0.2) is 0 Å². The van der Waals surface area contributed by atoms with Crippen molar-refractivity contribution < 1.29 is 0 Å². The van der Waals surface area contributed by atoms with Crippen molar-refractivity contribution in [1.82, 2.24) is 0 Å². The standard InChI is InChI=1S/C8H13ClS/c1-5-7(6(2)3)8(9)10-4/h5-6H,1H2,2-4H3/b8-7+.